The third-order valence-corrected chi connectivity index (χ3v) is 8.13. The van der Waals surface area contributed by atoms with Gasteiger partial charge in [-0.25, -0.2) is 0 Å². The topological polar surface area (TPSA) is 111 Å². The minimum Gasteiger partial charge on any atom is -0.350 e. The molecule has 2 aliphatic rings. The smallest absolute Gasteiger partial charge is 0.247 e. The average Bonchev–Trinajstić information content (AvgIpc) is 3.39. The van der Waals surface area contributed by atoms with E-state index in [2.05, 4.69) is 16.0 Å². The Hall–Kier alpha value is -3.72. The van der Waals surface area contributed by atoms with Crippen LogP contribution >= 0.6 is 0 Å². The van der Waals surface area contributed by atoms with E-state index in [1.165, 1.54) is 0 Å². The highest BCUT2D eigenvalue weighted by Gasteiger charge is 2.45. The first-order chi connectivity index (χ1) is 19.7. The highest BCUT2D eigenvalue weighted by atomic mass is 16.2. The molecule has 220 valence electrons. The molecule has 2 heterocycles. The summed E-state index contributed by atoms with van der Waals surface area (Å²) >= 11 is 0. The molecule has 4 rings (SSSR count). The second-order valence-corrected chi connectivity index (χ2v) is 11.5. The zero-order valence-electron chi connectivity index (χ0n) is 24.6. The van der Waals surface area contributed by atoms with Gasteiger partial charge in [0.1, 0.15) is 12.1 Å². The van der Waals surface area contributed by atoms with Crippen LogP contribution in [0.4, 0.5) is 0 Å². The number of amides is 4. The van der Waals surface area contributed by atoms with Gasteiger partial charge in [-0.05, 0) is 55.8 Å². The van der Waals surface area contributed by atoms with Gasteiger partial charge in [-0.1, -0.05) is 68.4 Å². The summed E-state index contributed by atoms with van der Waals surface area (Å²) in [6.07, 6.45) is 2.19. The van der Waals surface area contributed by atoms with Gasteiger partial charge < -0.3 is 25.8 Å². The number of fused-ring (bicyclic) bond motifs is 1. The SMILES string of the molecule is CNC(C)C(=O)NC1CN(C(=O)CC(C)C)CCC2CCC(C(=O)NCc3ccccc3-c3ccccc3)N2C1=O. The molecule has 0 spiro atoms. The average molecular weight is 562 g/mol. The van der Waals surface area contributed by atoms with Crippen molar-refractivity contribution in [2.75, 3.05) is 20.1 Å². The van der Waals surface area contributed by atoms with E-state index in [4.69, 9.17) is 0 Å². The van der Waals surface area contributed by atoms with Crippen molar-refractivity contribution in [2.45, 2.75) is 77.2 Å². The quantitative estimate of drug-likeness (QED) is 0.436. The molecule has 41 heavy (non-hydrogen) atoms. The fourth-order valence-electron chi connectivity index (χ4n) is 5.75. The van der Waals surface area contributed by atoms with Crippen molar-refractivity contribution in [3.63, 3.8) is 0 Å². The van der Waals surface area contributed by atoms with Crippen molar-refractivity contribution in [3.8, 4) is 11.1 Å². The number of nitrogens with one attached hydrogen (secondary N) is 3. The number of benzene rings is 2. The van der Waals surface area contributed by atoms with Crippen LogP contribution in [0.1, 0.15) is 52.0 Å². The first-order valence-electron chi connectivity index (χ1n) is 14.7. The standard InChI is InChI=1S/C32H43N5O4/c1-21(2)18-29(38)36-17-16-25-14-15-28(37(25)32(41)27(20-36)35-30(39)22(3)33-4)31(40)34-19-24-12-8-9-13-26(24)23-10-6-5-7-11-23/h5-13,21-22,25,27-28,33H,14-20H2,1-4H3,(H,34,40)(H,35,39). The highest BCUT2D eigenvalue weighted by Crippen LogP contribution is 2.30. The summed E-state index contributed by atoms with van der Waals surface area (Å²) in [6.45, 7) is 6.60. The molecule has 3 N–H and O–H groups in total. The molecule has 0 aliphatic carbocycles. The highest BCUT2D eigenvalue weighted by molar-refractivity contribution is 5.94. The molecule has 4 atom stereocenters. The van der Waals surface area contributed by atoms with Gasteiger partial charge in [0.15, 0.2) is 0 Å². The summed E-state index contributed by atoms with van der Waals surface area (Å²) < 4.78 is 0. The number of carbonyl (C=O) groups is 4. The van der Waals surface area contributed by atoms with Gasteiger partial charge in [-0.2, -0.15) is 0 Å². The molecule has 2 fully saturated rings. The molecule has 0 bridgehead atoms. The molecule has 2 aliphatic heterocycles. The lowest BCUT2D eigenvalue weighted by Crippen LogP contribution is -2.62. The number of hydrogen-bond donors (Lipinski definition) is 3. The van der Waals surface area contributed by atoms with E-state index in [-0.39, 0.29) is 42.1 Å². The Balaban J connectivity index is 1.52. The number of rotatable bonds is 9. The summed E-state index contributed by atoms with van der Waals surface area (Å²) in [4.78, 5) is 56.8. The van der Waals surface area contributed by atoms with Crippen LogP contribution in [0.25, 0.3) is 11.1 Å². The lowest BCUT2D eigenvalue weighted by Gasteiger charge is -2.39. The number of carbonyl (C=O) groups excluding carboxylic acids is 4. The van der Waals surface area contributed by atoms with E-state index >= 15 is 0 Å². The van der Waals surface area contributed by atoms with Crippen LogP contribution in [-0.2, 0) is 25.7 Å². The van der Waals surface area contributed by atoms with Gasteiger partial charge in [0.25, 0.3) is 0 Å². The predicted octanol–water partition coefficient (Wildman–Crippen LogP) is 2.70. The normalized spacial score (nSPS) is 21.6. The lowest BCUT2D eigenvalue weighted by molar-refractivity contribution is -0.147. The molecule has 2 aromatic carbocycles. The van der Waals surface area contributed by atoms with Crippen LogP contribution in [-0.4, -0.2) is 77.7 Å². The van der Waals surface area contributed by atoms with Gasteiger partial charge >= 0.3 is 0 Å². The summed E-state index contributed by atoms with van der Waals surface area (Å²) in [7, 11) is 1.68. The Morgan fingerprint density at radius 1 is 0.951 bits per heavy atom. The maximum absolute atomic E-state index is 14.0. The minimum absolute atomic E-state index is 0.0217. The largest absolute Gasteiger partial charge is 0.350 e. The third-order valence-electron chi connectivity index (χ3n) is 8.13. The summed E-state index contributed by atoms with van der Waals surface area (Å²) in [5.74, 6) is -0.672. The Labute approximate surface area is 243 Å². The van der Waals surface area contributed by atoms with Crippen molar-refractivity contribution >= 4 is 23.6 Å². The summed E-state index contributed by atoms with van der Waals surface area (Å²) in [5.41, 5.74) is 3.11. The zero-order chi connectivity index (χ0) is 29.5. The number of nitrogens with zero attached hydrogens (tertiary/aromatic N) is 2. The van der Waals surface area contributed by atoms with E-state index < -0.39 is 18.1 Å². The molecular weight excluding hydrogens is 518 g/mol. The second-order valence-electron chi connectivity index (χ2n) is 11.5. The lowest BCUT2D eigenvalue weighted by atomic mass is 9.99. The van der Waals surface area contributed by atoms with Crippen LogP contribution in [0.3, 0.4) is 0 Å². The monoisotopic (exact) mass is 561 g/mol. The molecule has 4 amide bonds. The van der Waals surface area contributed by atoms with Crippen LogP contribution in [0.5, 0.6) is 0 Å². The van der Waals surface area contributed by atoms with E-state index in [9.17, 15) is 19.2 Å². The van der Waals surface area contributed by atoms with Gasteiger partial charge in [0.2, 0.25) is 23.6 Å². The van der Waals surface area contributed by atoms with Gasteiger partial charge in [0, 0.05) is 32.1 Å². The molecule has 2 aromatic rings. The van der Waals surface area contributed by atoms with Crippen molar-refractivity contribution in [1.82, 2.24) is 25.8 Å². The van der Waals surface area contributed by atoms with E-state index in [1.807, 2.05) is 68.4 Å². The van der Waals surface area contributed by atoms with Crippen molar-refractivity contribution in [1.29, 1.82) is 0 Å². The molecule has 0 radical (unpaired) electrons. The summed E-state index contributed by atoms with van der Waals surface area (Å²) in [5, 5.41) is 8.84. The summed E-state index contributed by atoms with van der Waals surface area (Å²) in [6, 6.07) is 15.8. The number of hydrogen-bond acceptors (Lipinski definition) is 5. The van der Waals surface area contributed by atoms with Crippen molar-refractivity contribution in [2.24, 2.45) is 5.92 Å². The fourth-order valence-corrected chi connectivity index (χ4v) is 5.75. The van der Waals surface area contributed by atoms with E-state index in [0.717, 1.165) is 16.7 Å². The van der Waals surface area contributed by atoms with Crippen molar-refractivity contribution in [3.05, 3.63) is 60.2 Å². The van der Waals surface area contributed by atoms with Crippen LogP contribution in [0, 0.1) is 5.92 Å². The maximum atomic E-state index is 14.0. The second kappa shape index (κ2) is 13.8. The Morgan fingerprint density at radius 2 is 1.66 bits per heavy atom. The molecule has 9 nitrogen and oxygen atoms in total. The first kappa shape index (κ1) is 30.2. The molecule has 0 aromatic heterocycles. The Kier molecular flexibility index (Phi) is 10.2. The maximum Gasteiger partial charge on any atom is 0.247 e. The molecule has 4 unspecified atom stereocenters. The van der Waals surface area contributed by atoms with Crippen molar-refractivity contribution < 1.29 is 19.2 Å². The van der Waals surface area contributed by atoms with Crippen LogP contribution < -0.4 is 16.0 Å². The first-order valence-corrected chi connectivity index (χ1v) is 14.7. The molecule has 0 saturated carbocycles. The van der Waals surface area contributed by atoms with Crippen LogP contribution in [0.15, 0.2) is 54.6 Å². The molecule has 2 saturated heterocycles. The third kappa shape index (κ3) is 7.33. The van der Waals surface area contributed by atoms with Crippen LogP contribution in [0.2, 0.25) is 0 Å². The number of likely N-dealkylation sites (N-methyl/N-ethyl adjacent to an activating group) is 1. The van der Waals surface area contributed by atoms with Gasteiger partial charge in [-0.3, -0.25) is 19.2 Å². The Bertz CT molecular complexity index is 1230. The Morgan fingerprint density at radius 3 is 2.37 bits per heavy atom. The zero-order valence-corrected chi connectivity index (χ0v) is 24.6. The fraction of sp³-hybridized carbons (Fsp3) is 0.500. The molecule has 9 heteroatoms. The predicted molar refractivity (Wildman–Crippen MR) is 158 cm³/mol. The molecular formula is C32H43N5O4. The van der Waals surface area contributed by atoms with Gasteiger partial charge in [0.05, 0.1) is 6.04 Å². The van der Waals surface area contributed by atoms with Gasteiger partial charge in [-0.15, -0.1) is 0 Å². The van der Waals surface area contributed by atoms with E-state index in [0.29, 0.717) is 38.8 Å². The van der Waals surface area contributed by atoms with E-state index in [1.54, 1.807) is 23.8 Å². The minimum atomic E-state index is -0.926.